The van der Waals surface area contributed by atoms with Crippen molar-refractivity contribution in [1.82, 2.24) is 34.5 Å². The van der Waals surface area contributed by atoms with Gasteiger partial charge in [0.2, 0.25) is 5.91 Å². The van der Waals surface area contributed by atoms with E-state index in [-0.39, 0.29) is 12.5 Å². The molecule has 1 amide bonds. The Morgan fingerprint density at radius 1 is 0.926 bits per heavy atom. The molecule has 0 unspecified atom stereocenters. The maximum atomic E-state index is 12.6. The van der Waals surface area contributed by atoms with Gasteiger partial charge in [-0.2, -0.15) is 15.0 Å². The monoisotopic (exact) mass is 362 g/mol. The first-order valence-electron chi connectivity index (χ1n) is 8.89. The first-order chi connectivity index (χ1) is 13.3. The van der Waals surface area contributed by atoms with Crippen molar-refractivity contribution in [1.29, 1.82) is 0 Å². The van der Waals surface area contributed by atoms with Crippen LogP contribution in [0.4, 0.5) is 5.82 Å². The number of carbonyl (C=O) groups is 1. The van der Waals surface area contributed by atoms with Crippen LogP contribution in [0.3, 0.4) is 0 Å². The van der Waals surface area contributed by atoms with E-state index in [0.29, 0.717) is 13.1 Å². The van der Waals surface area contributed by atoms with E-state index in [4.69, 9.17) is 0 Å². The lowest BCUT2D eigenvalue weighted by Crippen LogP contribution is -2.50. The average molecular weight is 362 g/mol. The summed E-state index contributed by atoms with van der Waals surface area (Å²) in [5.74, 6) is 0.931. The van der Waals surface area contributed by atoms with Crippen molar-refractivity contribution in [2.24, 2.45) is 0 Å². The molecule has 4 aromatic rings. The summed E-state index contributed by atoms with van der Waals surface area (Å²) in [7, 11) is 0. The largest absolute Gasteiger partial charge is 0.352 e. The fourth-order valence-corrected chi connectivity index (χ4v) is 3.35. The number of rotatable bonds is 3. The van der Waals surface area contributed by atoms with Crippen molar-refractivity contribution in [3.05, 3.63) is 48.8 Å². The zero-order valence-electron chi connectivity index (χ0n) is 14.6. The van der Waals surface area contributed by atoms with Gasteiger partial charge in [-0.3, -0.25) is 4.79 Å². The Hall–Kier alpha value is -3.49. The third kappa shape index (κ3) is 2.97. The van der Waals surface area contributed by atoms with Crippen LogP contribution in [0.5, 0.6) is 0 Å². The number of amides is 1. The number of aromatic nitrogens is 6. The number of imidazole rings is 1. The van der Waals surface area contributed by atoms with Crippen LogP contribution >= 0.6 is 0 Å². The van der Waals surface area contributed by atoms with Gasteiger partial charge in [0.15, 0.2) is 5.65 Å². The van der Waals surface area contributed by atoms with Crippen LogP contribution in [0.2, 0.25) is 0 Å². The molecule has 3 aromatic heterocycles. The fraction of sp³-hybridized carbons (Fsp3) is 0.278. The highest BCUT2D eigenvalue weighted by Gasteiger charge is 2.23. The molecule has 1 aromatic carbocycles. The molecule has 1 saturated heterocycles. The summed E-state index contributed by atoms with van der Waals surface area (Å²) in [5.41, 5.74) is 2.43. The van der Waals surface area contributed by atoms with E-state index in [1.54, 1.807) is 10.7 Å². The molecule has 0 radical (unpaired) electrons. The number of carbonyl (C=O) groups excluding carboxylic acids is 1. The number of hydrogen-bond donors (Lipinski definition) is 0. The minimum atomic E-state index is 0.0352. The van der Waals surface area contributed by atoms with E-state index in [1.165, 1.54) is 4.80 Å². The molecule has 0 bridgehead atoms. The molecule has 1 aliphatic heterocycles. The molecule has 0 N–H and O–H groups in total. The van der Waals surface area contributed by atoms with E-state index in [2.05, 4.69) is 25.2 Å². The van der Waals surface area contributed by atoms with Gasteiger partial charge in [0, 0.05) is 38.6 Å². The highest BCUT2D eigenvalue weighted by Crippen LogP contribution is 2.15. The molecule has 5 rings (SSSR count). The van der Waals surface area contributed by atoms with E-state index in [0.717, 1.165) is 35.6 Å². The number of hydrogen-bond acceptors (Lipinski definition) is 6. The molecule has 4 heterocycles. The van der Waals surface area contributed by atoms with Gasteiger partial charge in [0.25, 0.3) is 0 Å². The van der Waals surface area contributed by atoms with Crippen molar-refractivity contribution in [2.75, 3.05) is 31.1 Å². The van der Waals surface area contributed by atoms with Gasteiger partial charge in [-0.1, -0.05) is 12.1 Å². The molecule has 27 heavy (non-hydrogen) atoms. The molecular weight excluding hydrogens is 344 g/mol. The third-order valence-electron chi connectivity index (χ3n) is 4.80. The third-order valence-corrected chi connectivity index (χ3v) is 4.80. The number of benzene rings is 1. The van der Waals surface area contributed by atoms with Crippen LogP contribution in [-0.2, 0) is 11.3 Å². The van der Waals surface area contributed by atoms with Crippen LogP contribution in [0.25, 0.3) is 16.7 Å². The molecule has 9 heteroatoms. The van der Waals surface area contributed by atoms with E-state index < -0.39 is 0 Å². The highest BCUT2D eigenvalue weighted by atomic mass is 16.2. The molecule has 0 aliphatic carbocycles. The Kier molecular flexibility index (Phi) is 3.70. The van der Waals surface area contributed by atoms with Crippen LogP contribution in [0, 0.1) is 0 Å². The van der Waals surface area contributed by atoms with Gasteiger partial charge in [-0.15, -0.1) is 5.10 Å². The van der Waals surface area contributed by atoms with Crippen molar-refractivity contribution in [2.45, 2.75) is 6.54 Å². The zero-order chi connectivity index (χ0) is 18.2. The molecule has 1 fully saturated rings. The number of piperazine rings is 1. The standard InChI is InChI=1S/C18H18N8O/c27-18(13-26-20-14-3-1-2-4-15(14)21-26)24-11-9-23(10-12-24)17-6-5-16-19-7-8-25(16)22-17/h1-8H,9-13H2. The normalized spacial score (nSPS) is 15.0. The summed E-state index contributed by atoms with van der Waals surface area (Å²) in [5, 5.41) is 13.3. The number of nitrogens with zero attached hydrogens (tertiary/aromatic N) is 8. The van der Waals surface area contributed by atoms with E-state index >= 15 is 0 Å². The minimum absolute atomic E-state index is 0.0352. The molecule has 1 aliphatic rings. The lowest BCUT2D eigenvalue weighted by Gasteiger charge is -2.35. The molecule has 9 nitrogen and oxygen atoms in total. The van der Waals surface area contributed by atoms with Crippen molar-refractivity contribution < 1.29 is 4.79 Å². The zero-order valence-corrected chi connectivity index (χ0v) is 14.6. The Labute approximate surface area is 154 Å². The number of anilines is 1. The second-order valence-electron chi connectivity index (χ2n) is 6.51. The second-order valence-corrected chi connectivity index (χ2v) is 6.51. The van der Waals surface area contributed by atoms with Crippen LogP contribution in [0.1, 0.15) is 0 Å². The van der Waals surface area contributed by atoms with Gasteiger partial charge in [-0.05, 0) is 24.3 Å². The smallest absolute Gasteiger partial charge is 0.246 e. The maximum absolute atomic E-state index is 12.6. The fourth-order valence-electron chi connectivity index (χ4n) is 3.35. The lowest BCUT2D eigenvalue weighted by atomic mass is 10.3. The Bertz CT molecular complexity index is 1080. The van der Waals surface area contributed by atoms with E-state index in [1.807, 2.05) is 47.5 Å². The SMILES string of the molecule is O=C(Cn1nc2ccccc2n1)N1CCN(c2ccc3nccn3n2)CC1. The van der Waals surface area contributed by atoms with Crippen LogP contribution in [0.15, 0.2) is 48.8 Å². The maximum Gasteiger partial charge on any atom is 0.246 e. The average Bonchev–Trinajstić information content (AvgIpc) is 3.33. The topological polar surface area (TPSA) is 84.5 Å². The lowest BCUT2D eigenvalue weighted by molar-refractivity contribution is -0.132. The summed E-state index contributed by atoms with van der Waals surface area (Å²) < 4.78 is 1.76. The Morgan fingerprint density at radius 3 is 2.41 bits per heavy atom. The predicted molar refractivity (Wildman–Crippen MR) is 99.3 cm³/mol. The second kappa shape index (κ2) is 6.35. The first-order valence-corrected chi connectivity index (χ1v) is 8.89. The summed E-state index contributed by atoms with van der Waals surface area (Å²) in [6, 6.07) is 11.5. The van der Waals surface area contributed by atoms with Crippen LogP contribution in [-0.4, -0.2) is 66.6 Å². The van der Waals surface area contributed by atoms with Crippen molar-refractivity contribution in [3.63, 3.8) is 0 Å². The molecular formula is C18H18N8O. The van der Waals surface area contributed by atoms with Crippen LogP contribution < -0.4 is 4.90 Å². The predicted octanol–water partition coefficient (Wildman–Crippen LogP) is 0.823. The highest BCUT2D eigenvalue weighted by molar-refractivity contribution is 5.77. The minimum Gasteiger partial charge on any atom is -0.352 e. The quantitative estimate of drug-likeness (QED) is 0.537. The van der Waals surface area contributed by atoms with Gasteiger partial charge >= 0.3 is 0 Å². The summed E-state index contributed by atoms with van der Waals surface area (Å²) >= 11 is 0. The Balaban J connectivity index is 1.23. The molecule has 0 atom stereocenters. The molecule has 0 saturated carbocycles. The Morgan fingerprint density at radius 2 is 1.67 bits per heavy atom. The first kappa shape index (κ1) is 15.7. The van der Waals surface area contributed by atoms with Gasteiger partial charge in [0.05, 0.1) is 0 Å². The summed E-state index contributed by atoms with van der Waals surface area (Å²) in [6.07, 6.45) is 3.56. The summed E-state index contributed by atoms with van der Waals surface area (Å²) in [6.45, 7) is 2.96. The van der Waals surface area contributed by atoms with E-state index in [9.17, 15) is 4.79 Å². The molecule has 136 valence electrons. The molecule has 0 spiro atoms. The number of fused-ring (bicyclic) bond motifs is 2. The van der Waals surface area contributed by atoms with Gasteiger partial charge in [0.1, 0.15) is 23.4 Å². The van der Waals surface area contributed by atoms with Gasteiger partial charge in [-0.25, -0.2) is 9.50 Å². The summed E-state index contributed by atoms with van der Waals surface area (Å²) in [4.78, 5) is 22.3. The van der Waals surface area contributed by atoms with Gasteiger partial charge < -0.3 is 9.80 Å². The van der Waals surface area contributed by atoms with Crippen molar-refractivity contribution in [3.8, 4) is 0 Å². The van der Waals surface area contributed by atoms with Crippen molar-refractivity contribution >= 4 is 28.4 Å².